The smallest absolute Gasteiger partial charge is 0.478 e. The summed E-state index contributed by atoms with van der Waals surface area (Å²) in [7, 11) is 2.22. The molecular weight excluding hydrogens is 288 g/mol. The van der Waals surface area contributed by atoms with Crippen molar-refractivity contribution in [3.63, 3.8) is 0 Å². The first-order valence-electron chi connectivity index (χ1n) is 7.52. The van der Waals surface area contributed by atoms with Crippen LogP contribution in [0.1, 0.15) is 52.4 Å². The number of allylic oxidation sites excluding steroid dienone is 1. The number of unbranched alkanes of at least 4 members (excludes halogenated alkanes) is 2. The Bertz CT molecular complexity index is 318. The molecule has 0 aromatic rings. The molecule has 124 valence electrons. The fourth-order valence-corrected chi connectivity index (χ4v) is 5.05. The molecule has 6 heteroatoms. The second-order valence-corrected chi connectivity index (χ2v) is 8.43. The fourth-order valence-electron chi connectivity index (χ4n) is 2.48. The number of carbonyl (C=O) groups is 1. The van der Waals surface area contributed by atoms with Crippen molar-refractivity contribution in [2.75, 3.05) is 21.3 Å². The van der Waals surface area contributed by atoms with Crippen LogP contribution in [0.4, 0.5) is 0 Å². The average Bonchev–Trinajstić information content (AvgIpc) is 2.48. The van der Waals surface area contributed by atoms with Gasteiger partial charge in [-0.1, -0.05) is 32.3 Å². The molecule has 1 unspecified atom stereocenters. The summed E-state index contributed by atoms with van der Waals surface area (Å²) in [5.74, 6) is -0.869. The van der Waals surface area contributed by atoms with Crippen LogP contribution in [-0.4, -0.2) is 41.2 Å². The van der Waals surface area contributed by atoms with Crippen LogP contribution in [0.15, 0.2) is 11.6 Å². The number of rotatable bonds is 12. The number of aliphatic carboxylic acids is 1. The first-order valence-corrected chi connectivity index (χ1v) is 9.33. The number of hydrogen-bond donors (Lipinski definition) is 1. The van der Waals surface area contributed by atoms with Gasteiger partial charge in [0.25, 0.3) is 0 Å². The molecule has 0 spiro atoms. The molecule has 0 heterocycles. The SMILES string of the molecule is CCCCCC(CC/C=C(\C)C(=O)O)[Si](OC)(OC)OC. The number of carboxylic acids is 1. The van der Waals surface area contributed by atoms with Gasteiger partial charge in [-0.15, -0.1) is 0 Å². The molecular formula is C15H30O5Si. The van der Waals surface area contributed by atoms with E-state index in [1.165, 1.54) is 6.42 Å². The van der Waals surface area contributed by atoms with Crippen LogP contribution >= 0.6 is 0 Å². The van der Waals surface area contributed by atoms with Crippen molar-refractivity contribution in [3.05, 3.63) is 11.6 Å². The highest BCUT2D eigenvalue weighted by molar-refractivity contribution is 6.62. The Hall–Kier alpha value is -0.693. The van der Waals surface area contributed by atoms with Gasteiger partial charge in [-0.25, -0.2) is 4.79 Å². The van der Waals surface area contributed by atoms with Gasteiger partial charge in [-0.2, -0.15) is 0 Å². The fraction of sp³-hybridized carbons (Fsp3) is 0.800. The highest BCUT2D eigenvalue weighted by Crippen LogP contribution is 2.34. The van der Waals surface area contributed by atoms with Crippen LogP contribution in [-0.2, 0) is 18.1 Å². The molecule has 0 bridgehead atoms. The van der Waals surface area contributed by atoms with Crippen molar-refractivity contribution in [1.82, 2.24) is 0 Å². The van der Waals surface area contributed by atoms with Crippen molar-refractivity contribution in [1.29, 1.82) is 0 Å². The van der Waals surface area contributed by atoms with Gasteiger partial charge in [0.2, 0.25) is 0 Å². The molecule has 0 amide bonds. The first-order chi connectivity index (χ1) is 9.97. The quantitative estimate of drug-likeness (QED) is 0.338. The third-order valence-corrected chi connectivity index (χ3v) is 7.10. The third kappa shape index (κ3) is 6.73. The molecule has 0 aliphatic carbocycles. The predicted molar refractivity (Wildman–Crippen MR) is 85.3 cm³/mol. The van der Waals surface area contributed by atoms with Crippen LogP contribution in [0.25, 0.3) is 0 Å². The van der Waals surface area contributed by atoms with E-state index in [2.05, 4.69) is 6.92 Å². The van der Waals surface area contributed by atoms with E-state index in [0.717, 1.165) is 25.7 Å². The molecule has 0 saturated carbocycles. The van der Waals surface area contributed by atoms with Crippen LogP contribution in [0.5, 0.6) is 0 Å². The molecule has 0 fully saturated rings. The lowest BCUT2D eigenvalue weighted by atomic mass is 10.1. The highest BCUT2D eigenvalue weighted by atomic mass is 28.4. The Kier molecular flexibility index (Phi) is 10.6. The van der Waals surface area contributed by atoms with Gasteiger partial charge in [0.1, 0.15) is 0 Å². The molecule has 0 aliphatic rings. The van der Waals surface area contributed by atoms with E-state index in [9.17, 15) is 4.79 Å². The van der Waals surface area contributed by atoms with E-state index >= 15 is 0 Å². The molecule has 21 heavy (non-hydrogen) atoms. The Balaban J connectivity index is 4.80. The van der Waals surface area contributed by atoms with E-state index in [1.807, 2.05) is 0 Å². The summed E-state index contributed by atoms with van der Waals surface area (Å²) in [4.78, 5) is 10.8. The van der Waals surface area contributed by atoms with E-state index in [4.69, 9.17) is 18.4 Å². The molecule has 0 aromatic carbocycles. The minimum Gasteiger partial charge on any atom is -0.478 e. The molecule has 0 aromatic heterocycles. The topological polar surface area (TPSA) is 65.0 Å². The third-order valence-electron chi connectivity index (χ3n) is 3.81. The van der Waals surface area contributed by atoms with Crippen molar-refractivity contribution >= 4 is 14.8 Å². The lowest BCUT2D eigenvalue weighted by molar-refractivity contribution is -0.132. The maximum absolute atomic E-state index is 10.8. The van der Waals surface area contributed by atoms with Crippen LogP contribution < -0.4 is 0 Å². The molecule has 0 saturated heterocycles. The van der Waals surface area contributed by atoms with Gasteiger partial charge in [-0.05, 0) is 26.2 Å². The second-order valence-electron chi connectivity index (χ2n) is 5.18. The standard InChI is InChI=1S/C15H30O5Si/c1-6-7-8-11-14(21(18-3,19-4)20-5)12-9-10-13(2)15(16)17/h10,14H,6-9,11-12H2,1-5H3,(H,16,17)/b13-10+. The van der Waals surface area contributed by atoms with E-state index in [0.29, 0.717) is 12.0 Å². The number of hydrogen-bond acceptors (Lipinski definition) is 4. The predicted octanol–water partition coefficient (Wildman–Crippen LogP) is 3.63. The Morgan fingerprint density at radius 1 is 1.14 bits per heavy atom. The summed E-state index contributed by atoms with van der Waals surface area (Å²) in [5.41, 5.74) is 0.573. The summed E-state index contributed by atoms with van der Waals surface area (Å²) in [6.45, 7) is 3.78. The van der Waals surface area contributed by atoms with Crippen molar-refractivity contribution in [3.8, 4) is 0 Å². The molecule has 1 atom stereocenters. The average molecular weight is 318 g/mol. The molecule has 0 aliphatic heterocycles. The maximum Gasteiger partial charge on any atom is 0.503 e. The lowest BCUT2D eigenvalue weighted by Crippen LogP contribution is -2.47. The van der Waals surface area contributed by atoms with Gasteiger partial charge < -0.3 is 18.4 Å². The van der Waals surface area contributed by atoms with Crippen LogP contribution in [0.3, 0.4) is 0 Å². The summed E-state index contributed by atoms with van der Waals surface area (Å²) >= 11 is 0. The normalized spacial score (nSPS) is 14.2. The summed E-state index contributed by atoms with van der Waals surface area (Å²) < 4.78 is 16.8. The largest absolute Gasteiger partial charge is 0.503 e. The van der Waals surface area contributed by atoms with Gasteiger partial charge in [0, 0.05) is 32.4 Å². The van der Waals surface area contributed by atoms with Gasteiger partial charge in [0.15, 0.2) is 0 Å². The number of carboxylic acid groups (broad SMARTS) is 1. The zero-order chi connectivity index (χ0) is 16.3. The molecule has 0 radical (unpaired) electrons. The highest BCUT2D eigenvalue weighted by Gasteiger charge is 2.46. The van der Waals surface area contributed by atoms with Crippen LogP contribution in [0, 0.1) is 0 Å². The monoisotopic (exact) mass is 318 g/mol. The summed E-state index contributed by atoms with van der Waals surface area (Å²) in [6, 6.07) is 0. The van der Waals surface area contributed by atoms with Crippen molar-refractivity contribution < 1.29 is 23.2 Å². The molecule has 5 nitrogen and oxygen atoms in total. The van der Waals surface area contributed by atoms with Crippen LogP contribution in [0.2, 0.25) is 5.54 Å². The van der Waals surface area contributed by atoms with Gasteiger partial charge in [-0.3, -0.25) is 0 Å². The van der Waals surface area contributed by atoms with Gasteiger partial charge >= 0.3 is 14.8 Å². The molecule has 1 N–H and O–H groups in total. The minimum absolute atomic E-state index is 0.196. The van der Waals surface area contributed by atoms with Crippen molar-refractivity contribution in [2.45, 2.75) is 57.9 Å². The molecule has 0 rings (SSSR count). The second kappa shape index (κ2) is 11.0. The van der Waals surface area contributed by atoms with E-state index < -0.39 is 14.8 Å². The Morgan fingerprint density at radius 3 is 2.14 bits per heavy atom. The first kappa shape index (κ1) is 20.3. The van der Waals surface area contributed by atoms with Gasteiger partial charge in [0.05, 0.1) is 0 Å². The Morgan fingerprint density at radius 2 is 1.71 bits per heavy atom. The zero-order valence-electron chi connectivity index (χ0n) is 14.0. The lowest BCUT2D eigenvalue weighted by Gasteiger charge is -2.32. The van der Waals surface area contributed by atoms with Crippen molar-refractivity contribution in [2.24, 2.45) is 0 Å². The van der Waals surface area contributed by atoms with E-state index in [1.54, 1.807) is 34.3 Å². The zero-order valence-corrected chi connectivity index (χ0v) is 15.0. The maximum atomic E-state index is 10.8. The van der Waals surface area contributed by atoms with E-state index in [-0.39, 0.29) is 5.54 Å². The minimum atomic E-state index is -2.67. The summed E-state index contributed by atoms with van der Waals surface area (Å²) in [6.07, 6.45) is 7.68. The Labute approximate surface area is 129 Å². The summed E-state index contributed by atoms with van der Waals surface area (Å²) in [5, 5.41) is 8.89.